The molecule has 4 aromatic carbocycles. The van der Waals surface area contributed by atoms with Crippen molar-refractivity contribution in [2.45, 2.75) is 0 Å². The van der Waals surface area contributed by atoms with E-state index in [4.69, 9.17) is 14.7 Å². The third-order valence-corrected chi connectivity index (χ3v) is 5.71. The lowest BCUT2D eigenvalue weighted by Gasteiger charge is -2.11. The first-order valence-electron chi connectivity index (χ1n) is 11.4. The van der Waals surface area contributed by atoms with Gasteiger partial charge in [-0.1, -0.05) is 72.8 Å². The Morgan fingerprint density at radius 2 is 1.32 bits per heavy atom. The van der Waals surface area contributed by atoms with Gasteiger partial charge in [-0.2, -0.15) is 0 Å². The number of esters is 1. The SMILES string of the molecule is O=C(COC(=O)c1ccc2nc(-c3ccccc3)c(-c3ccccc3)nc2c1)c1cccc([N+](=O)[O-])c1. The zero-order chi connectivity index (χ0) is 25.8. The third-order valence-electron chi connectivity index (χ3n) is 5.71. The number of fused-ring (bicyclic) bond motifs is 1. The number of nitro benzene ring substituents is 1. The molecule has 0 aliphatic carbocycles. The molecule has 0 amide bonds. The predicted octanol–water partition coefficient (Wildman–Crippen LogP) is 5.91. The normalized spacial score (nSPS) is 10.7. The molecular formula is C29H19N3O5. The number of aromatic nitrogens is 2. The Morgan fingerprint density at radius 1 is 0.703 bits per heavy atom. The Hall–Kier alpha value is -5.24. The Morgan fingerprint density at radius 3 is 1.95 bits per heavy atom. The second-order valence-corrected chi connectivity index (χ2v) is 8.16. The van der Waals surface area contributed by atoms with Gasteiger partial charge in [0.05, 0.1) is 32.9 Å². The highest BCUT2D eigenvalue weighted by atomic mass is 16.6. The molecule has 0 atom stereocenters. The summed E-state index contributed by atoms with van der Waals surface area (Å²) in [6.45, 7) is -0.550. The molecule has 5 aromatic rings. The van der Waals surface area contributed by atoms with Crippen LogP contribution < -0.4 is 0 Å². The zero-order valence-corrected chi connectivity index (χ0v) is 19.4. The number of hydrogen-bond donors (Lipinski definition) is 0. The van der Waals surface area contributed by atoms with Gasteiger partial charge in [0.25, 0.3) is 5.69 Å². The molecule has 8 heteroatoms. The van der Waals surface area contributed by atoms with Crippen molar-refractivity contribution in [2.24, 2.45) is 0 Å². The number of benzene rings is 4. The molecule has 0 N–H and O–H groups in total. The highest BCUT2D eigenvalue weighted by molar-refractivity contribution is 6.00. The fraction of sp³-hybridized carbons (Fsp3) is 0.0345. The number of ketones is 1. The van der Waals surface area contributed by atoms with Crippen LogP contribution in [0.3, 0.4) is 0 Å². The van der Waals surface area contributed by atoms with Gasteiger partial charge in [0.15, 0.2) is 6.61 Å². The van der Waals surface area contributed by atoms with Crippen molar-refractivity contribution in [3.8, 4) is 22.5 Å². The van der Waals surface area contributed by atoms with Gasteiger partial charge in [0.2, 0.25) is 5.78 Å². The summed E-state index contributed by atoms with van der Waals surface area (Å²) in [5.74, 6) is -1.26. The Bertz CT molecular complexity index is 1640. The maximum Gasteiger partial charge on any atom is 0.338 e. The van der Waals surface area contributed by atoms with Crippen LogP contribution in [0.5, 0.6) is 0 Å². The molecule has 0 aliphatic rings. The van der Waals surface area contributed by atoms with Gasteiger partial charge in [-0.25, -0.2) is 14.8 Å². The number of ether oxygens (including phenoxy) is 1. The summed E-state index contributed by atoms with van der Waals surface area (Å²) in [7, 11) is 0. The van der Waals surface area contributed by atoms with Gasteiger partial charge >= 0.3 is 5.97 Å². The second-order valence-electron chi connectivity index (χ2n) is 8.16. The van der Waals surface area contributed by atoms with Gasteiger partial charge < -0.3 is 4.74 Å². The average molecular weight is 489 g/mol. The van der Waals surface area contributed by atoms with E-state index in [1.54, 1.807) is 18.2 Å². The summed E-state index contributed by atoms with van der Waals surface area (Å²) in [6.07, 6.45) is 0. The average Bonchev–Trinajstić information content (AvgIpc) is 2.95. The van der Waals surface area contributed by atoms with E-state index in [1.165, 1.54) is 18.2 Å². The topological polar surface area (TPSA) is 112 Å². The number of nitro groups is 1. The number of non-ortho nitro benzene ring substituents is 1. The van der Waals surface area contributed by atoms with Crippen molar-refractivity contribution < 1.29 is 19.2 Å². The van der Waals surface area contributed by atoms with Gasteiger partial charge in [-0.3, -0.25) is 14.9 Å². The van der Waals surface area contributed by atoms with Crippen molar-refractivity contribution in [2.75, 3.05) is 6.61 Å². The summed E-state index contributed by atoms with van der Waals surface area (Å²) in [5, 5.41) is 10.9. The molecule has 0 radical (unpaired) electrons. The first kappa shape index (κ1) is 23.5. The fourth-order valence-corrected chi connectivity index (χ4v) is 3.87. The standard InChI is InChI=1S/C29H19N3O5/c33-26(21-12-7-13-23(16-21)32(35)36)18-37-29(34)22-14-15-24-25(17-22)31-28(20-10-5-2-6-11-20)27(30-24)19-8-3-1-4-9-19/h1-17H,18H2. The van der Waals surface area contributed by atoms with Crippen molar-refractivity contribution >= 4 is 28.5 Å². The first-order valence-corrected chi connectivity index (χ1v) is 11.4. The van der Waals surface area contributed by atoms with Crippen LogP contribution in [0.4, 0.5) is 5.69 Å². The van der Waals surface area contributed by atoms with Crippen LogP contribution >= 0.6 is 0 Å². The minimum atomic E-state index is -0.712. The number of rotatable bonds is 7. The third kappa shape index (κ3) is 5.08. The Kier molecular flexibility index (Phi) is 6.46. The van der Waals surface area contributed by atoms with E-state index in [-0.39, 0.29) is 16.8 Å². The van der Waals surface area contributed by atoms with E-state index in [0.717, 1.165) is 22.9 Å². The number of Topliss-reactive ketones (excluding diaryl/α,β-unsaturated/α-hetero) is 1. The van der Waals surface area contributed by atoms with Gasteiger partial charge in [0.1, 0.15) is 0 Å². The maximum absolute atomic E-state index is 12.7. The zero-order valence-electron chi connectivity index (χ0n) is 19.4. The molecule has 0 bridgehead atoms. The molecule has 5 rings (SSSR count). The lowest BCUT2D eigenvalue weighted by Crippen LogP contribution is -2.14. The summed E-state index contributed by atoms with van der Waals surface area (Å²) in [5.41, 5.74) is 4.37. The molecular weight excluding hydrogens is 470 g/mol. The first-order chi connectivity index (χ1) is 18.0. The molecule has 37 heavy (non-hydrogen) atoms. The molecule has 0 unspecified atom stereocenters. The fourth-order valence-electron chi connectivity index (χ4n) is 3.87. The van der Waals surface area contributed by atoms with Crippen LogP contribution in [0.25, 0.3) is 33.5 Å². The number of carbonyl (C=O) groups is 2. The summed E-state index contributed by atoms with van der Waals surface area (Å²) >= 11 is 0. The van der Waals surface area contributed by atoms with Crippen molar-refractivity contribution in [1.29, 1.82) is 0 Å². The van der Waals surface area contributed by atoms with E-state index in [9.17, 15) is 19.7 Å². The summed E-state index contributed by atoms with van der Waals surface area (Å²) < 4.78 is 5.19. The van der Waals surface area contributed by atoms with Crippen molar-refractivity contribution in [1.82, 2.24) is 9.97 Å². The molecule has 1 heterocycles. The minimum absolute atomic E-state index is 0.0901. The van der Waals surface area contributed by atoms with Gasteiger partial charge in [0, 0.05) is 28.8 Å². The molecule has 8 nitrogen and oxygen atoms in total. The molecule has 0 saturated heterocycles. The Balaban J connectivity index is 1.43. The summed E-state index contributed by atoms with van der Waals surface area (Å²) in [4.78, 5) is 45.2. The van der Waals surface area contributed by atoms with Crippen molar-refractivity contribution in [3.63, 3.8) is 0 Å². The quantitative estimate of drug-likeness (QED) is 0.121. The smallest absolute Gasteiger partial charge is 0.338 e. The molecule has 0 spiro atoms. The van der Waals surface area contributed by atoms with E-state index in [0.29, 0.717) is 16.7 Å². The van der Waals surface area contributed by atoms with Crippen LogP contribution in [0.1, 0.15) is 20.7 Å². The molecule has 180 valence electrons. The van der Waals surface area contributed by atoms with E-state index >= 15 is 0 Å². The molecule has 0 saturated carbocycles. The molecule has 1 aromatic heterocycles. The molecule has 0 aliphatic heterocycles. The van der Waals surface area contributed by atoms with Gasteiger partial charge in [-0.05, 0) is 18.2 Å². The highest BCUT2D eigenvalue weighted by Gasteiger charge is 2.17. The number of hydrogen-bond acceptors (Lipinski definition) is 7. The number of carbonyl (C=O) groups excluding carboxylic acids is 2. The van der Waals surface area contributed by atoms with Crippen LogP contribution in [-0.2, 0) is 4.74 Å². The maximum atomic E-state index is 12.7. The van der Waals surface area contributed by atoms with Crippen LogP contribution in [-0.4, -0.2) is 33.3 Å². The van der Waals surface area contributed by atoms with Crippen LogP contribution in [0.2, 0.25) is 0 Å². The van der Waals surface area contributed by atoms with Crippen LogP contribution in [0, 0.1) is 10.1 Å². The lowest BCUT2D eigenvalue weighted by molar-refractivity contribution is -0.384. The largest absolute Gasteiger partial charge is 0.454 e. The highest BCUT2D eigenvalue weighted by Crippen LogP contribution is 2.31. The number of nitrogens with zero attached hydrogens (tertiary/aromatic N) is 3. The minimum Gasteiger partial charge on any atom is -0.454 e. The second kappa shape index (κ2) is 10.2. The van der Waals surface area contributed by atoms with Crippen molar-refractivity contribution in [3.05, 3.63) is 124 Å². The predicted molar refractivity (Wildman–Crippen MR) is 138 cm³/mol. The Labute approximate surface area is 211 Å². The van der Waals surface area contributed by atoms with Gasteiger partial charge in [-0.15, -0.1) is 0 Å². The van der Waals surface area contributed by atoms with E-state index < -0.39 is 23.3 Å². The van der Waals surface area contributed by atoms with E-state index in [1.807, 2.05) is 60.7 Å². The van der Waals surface area contributed by atoms with Crippen LogP contribution in [0.15, 0.2) is 103 Å². The monoisotopic (exact) mass is 489 g/mol. The summed E-state index contributed by atoms with van der Waals surface area (Å²) in [6, 6.07) is 29.5. The lowest BCUT2D eigenvalue weighted by atomic mass is 10.0. The molecule has 0 fully saturated rings. The van der Waals surface area contributed by atoms with E-state index in [2.05, 4.69) is 0 Å².